The fourth-order valence-electron chi connectivity index (χ4n) is 2.45. The molecule has 128 valence electrons. The Kier molecular flexibility index (Phi) is 5.89. The predicted molar refractivity (Wildman–Crippen MR) is 86.2 cm³/mol. The molecule has 0 aromatic heterocycles. The average molecular weight is 349 g/mol. The molecule has 4 nitrogen and oxygen atoms in total. The number of rotatable bonds is 4. The van der Waals surface area contributed by atoms with E-state index in [1.165, 1.54) is 6.07 Å². The minimum absolute atomic E-state index is 0.0238. The van der Waals surface area contributed by atoms with Gasteiger partial charge in [0, 0.05) is 32.7 Å². The zero-order chi connectivity index (χ0) is 17.0. The number of amidine groups is 1. The Morgan fingerprint density at radius 3 is 2.43 bits per heavy atom. The van der Waals surface area contributed by atoms with Gasteiger partial charge < -0.3 is 10.6 Å². The van der Waals surface area contributed by atoms with Crippen LogP contribution in [0.5, 0.6) is 0 Å². The number of piperazine rings is 1. The van der Waals surface area contributed by atoms with Crippen LogP contribution in [0.15, 0.2) is 23.2 Å². The quantitative estimate of drug-likeness (QED) is 0.517. The maximum atomic E-state index is 13.1. The summed E-state index contributed by atoms with van der Waals surface area (Å²) in [4.78, 5) is 8.28. The molecule has 8 heteroatoms. The lowest BCUT2D eigenvalue weighted by molar-refractivity contribution is -0.137. The molecular formula is C15H20ClF3N4. The molecule has 0 spiro atoms. The minimum Gasteiger partial charge on any atom is -0.386 e. The van der Waals surface area contributed by atoms with Gasteiger partial charge in [0.15, 0.2) is 0 Å². The molecule has 0 aliphatic carbocycles. The summed E-state index contributed by atoms with van der Waals surface area (Å²) in [5.74, 6) is 0.0702. The minimum atomic E-state index is -4.42. The number of aliphatic imine (C=N–C) groups is 1. The van der Waals surface area contributed by atoms with Gasteiger partial charge >= 0.3 is 6.18 Å². The number of nitrogens with zero attached hydrogens (tertiary/aromatic N) is 3. The van der Waals surface area contributed by atoms with Crippen molar-refractivity contribution < 1.29 is 13.2 Å². The highest BCUT2D eigenvalue weighted by Crippen LogP contribution is 2.33. The van der Waals surface area contributed by atoms with Gasteiger partial charge in [0.05, 0.1) is 17.1 Å². The van der Waals surface area contributed by atoms with Gasteiger partial charge in [-0.15, -0.1) is 11.6 Å². The van der Waals surface area contributed by atoms with Gasteiger partial charge in [-0.25, -0.2) is 4.99 Å². The van der Waals surface area contributed by atoms with Crippen molar-refractivity contribution in [2.24, 2.45) is 10.7 Å². The third-order valence-corrected chi connectivity index (χ3v) is 3.99. The molecule has 0 unspecified atom stereocenters. The van der Waals surface area contributed by atoms with Gasteiger partial charge in [-0.2, -0.15) is 13.2 Å². The second kappa shape index (κ2) is 7.51. The highest BCUT2D eigenvalue weighted by atomic mass is 35.5. The Bertz CT molecular complexity index is 566. The first-order valence-corrected chi connectivity index (χ1v) is 7.82. The molecule has 2 rings (SSSR count). The Labute approximate surface area is 138 Å². The van der Waals surface area contributed by atoms with Crippen molar-refractivity contribution in [2.75, 3.05) is 39.1 Å². The molecule has 1 aromatic rings. The van der Waals surface area contributed by atoms with E-state index in [9.17, 15) is 13.2 Å². The van der Waals surface area contributed by atoms with Gasteiger partial charge in [0.25, 0.3) is 0 Å². The maximum Gasteiger partial charge on any atom is 0.416 e. The van der Waals surface area contributed by atoms with E-state index in [0.29, 0.717) is 12.1 Å². The van der Waals surface area contributed by atoms with Gasteiger partial charge in [0.1, 0.15) is 5.84 Å². The Balaban J connectivity index is 2.25. The number of benzene rings is 1. The molecule has 1 aliphatic heterocycles. The summed E-state index contributed by atoms with van der Waals surface area (Å²) in [7, 11) is 2.03. The van der Waals surface area contributed by atoms with Crippen molar-refractivity contribution in [1.29, 1.82) is 0 Å². The molecule has 0 radical (unpaired) electrons. The molecule has 0 bridgehead atoms. The number of likely N-dealkylation sites (N-methyl/N-ethyl adjacent to an activating group) is 1. The number of nitrogens with two attached hydrogens (primary N) is 1. The van der Waals surface area contributed by atoms with Crippen molar-refractivity contribution in [3.8, 4) is 0 Å². The summed E-state index contributed by atoms with van der Waals surface area (Å²) in [5, 5.41) is 0. The van der Waals surface area contributed by atoms with Gasteiger partial charge in [-0.1, -0.05) is 0 Å². The highest BCUT2D eigenvalue weighted by Gasteiger charge is 2.31. The van der Waals surface area contributed by atoms with Crippen LogP contribution in [0.3, 0.4) is 0 Å². The number of alkyl halides is 4. The summed E-state index contributed by atoms with van der Waals surface area (Å²) < 4.78 is 39.2. The van der Waals surface area contributed by atoms with E-state index in [1.807, 2.05) is 7.05 Å². The summed E-state index contributed by atoms with van der Waals surface area (Å²) in [6, 6.07) is 3.80. The molecular weight excluding hydrogens is 329 g/mol. The van der Waals surface area contributed by atoms with Crippen molar-refractivity contribution >= 4 is 23.1 Å². The maximum absolute atomic E-state index is 13.1. The Hall–Kier alpha value is -1.31. The summed E-state index contributed by atoms with van der Waals surface area (Å²) >= 11 is 5.55. The van der Waals surface area contributed by atoms with E-state index in [-0.39, 0.29) is 17.4 Å². The second-order valence-electron chi connectivity index (χ2n) is 5.70. The van der Waals surface area contributed by atoms with Crippen molar-refractivity contribution in [2.45, 2.75) is 12.7 Å². The lowest BCUT2D eigenvalue weighted by Crippen LogP contribution is -2.43. The van der Waals surface area contributed by atoms with Crippen LogP contribution in [-0.2, 0) is 12.7 Å². The molecule has 0 saturated carbocycles. The van der Waals surface area contributed by atoms with Crippen LogP contribution in [0, 0.1) is 0 Å². The normalized spacial score (nSPS) is 18.4. The average Bonchev–Trinajstić information content (AvgIpc) is 2.48. The van der Waals surface area contributed by atoms with Crippen molar-refractivity contribution in [1.82, 2.24) is 9.80 Å². The van der Waals surface area contributed by atoms with Crippen LogP contribution >= 0.6 is 11.6 Å². The smallest absolute Gasteiger partial charge is 0.386 e. The lowest BCUT2D eigenvalue weighted by atomic mass is 10.1. The van der Waals surface area contributed by atoms with Gasteiger partial charge in [0.2, 0.25) is 0 Å². The molecule has 2 N–H and O–H groups in total. The lowest BCUT2D eigenvalue weighted by Gasteiger charge is -2.32. The van der Waals surface area contributed by atoms with Gasteiger partial charge in [-0.3, -0.25) is 4.90 Å². The van der Waals surface area contributed by atoms with Crippen LogP contribution in [-0.4, -0.2) is 54.7 Å². The van der Waals surface area contributed by atoms with Crippen molar-refractivity contribution in [3.05, 3.63) is 29.3 Å². The van der Waals surface area contributed by atoms with E-state index in [1.54, 1.807) is 6.07 Å². The van der Waals surface area contributed by atoms with Gasteiger partial charge in [-0.05, 0) is 30.8 Å². The molecule has 1 fully saturated rings. The van der Waals surface area contributed by atoms with Crippen LogP contribution in [0.25, 0.3) is 0 Å². The topological polar surface area (TPSA) is 44.9 Å². The molecule has 1 heterocycles. The first-order chi connectivity index (χ1) is 10.8. The third-order valence-electron chi connectivity index (χ3n) is 3.72. The fraction of sp³-hybridized carbons (Fsp3) is 0.533. The van der Waals surface area contributed by atoms with E-state index >= 15 is 0 Å². The first-order valence-electron chi connectivity index (χ1n) is 7.29. The summed E-state index contributed by atoms with van der Waals surface area (Å²) in [6.07, 6.45) is -4.42. The van der Waals surface area contributed by atoms with E-state index < -0.39 is 11.7 Å². The number of hydrogen-bond donors (Lipinski definition) is 1. The standard InChI is InChI=1S/C15H20ClF3N4/c1-22-2-4-23(5-3-22)10-11-6-12(15(17,18)19)8-13(7-11)21-14(20)9-16/h6-8H,2-5,9-10H2,1H3,(H2,20,21). The SMILES string of the molecule is CN1CCN(Cc2cc(N=C(N)CCl)cc(C(F)(F)F)c2)CC1. The Morgan fingerprint density at radius 1 is 1.22 bits per heavy atom. The first kappa shape index (κ1) is 18.0. The largest absolute Gasteiger partial charge is 0.416 e. The second-order valence-corrected chi connectivity index (χ2v) is 5.97. The predicted octanol–water partition coefficient (Wildman–Crippen LogP) is 2.68. The fourth-order valence-corrected chi connectivity index (χ4v) is 2.51. The van der Waals surface area contributed by atoms with E-state index in [0.717, 1.165) is 32.2 Å². The molecule has 0 atom stereocenters. The van der Waals surface area contributed by atoms with Crippen molar-refractivity contribution in [3.63, 3.8) is 0 Å². The monoisotopic (exact) mass is 348 g/mol. The van der Waals surface area contributed by atoms with Crippen LogP contribution in [0.1, 0.15) is 11.1 Å². The Morgan fingerprint density at radius 2 is 1.87 bits per heavy atom. The zero-order valence-corrected chi connectivity index (χ0v) is 13.7. The number of hydrogen-bond acceptors (Lipinski definition) is 3. The zero-order valence-electron chi connectivity index (χ0n) is 12.9. The molecule has 23 heavy (non-hydrogen) atoms. The highest BCUT2D eigenvalue weighted by molar-refractivity contribution is 6.28. The molecule has 1 aliphatic rings. The molecule has 1 saturated heterocycles. The third kappa shape index (κ3) is 5.37. The van der Waals surface area contributed by atoms with Crippen LogP contribution in [0.2, 0.25) is 0 Å². The van der Waals surface area contributed by atoms with Crippen LogP contribution < -0.4 is 5.73 Å². The number of halogens is 4. The van der Waals surface area contributed by atoms with Crippen LogP contribution in [0.4, 0.5) is 18.9 Å². The van der Waals surface area contributed by atoms with E-state index in [4.69, 9.17) is 17.3 Å². The summed E-state index contributed by atoms with van der Waals surface area (Å²) in [6.45, 7) is 3.93. The molecule has 1 aromatic carbocycles. The van der Waals surface area contributed by atoms with E-state index in [2.05, 4.69) is 14.8 Å². The summed E-state index contributed by atoms with van der Waals surface area (Å²) in [5.41, 5.74) is 5.57. The molecule has 0 amide bonds.